The molecule has 5 nitrogen and oxygen atoms in total. The van der Waals surface area contributed by atoms with Crippen molar-refractivity contribution in [2.45, 2.75) is 13.5 Å². The van der Waals surface area contributed by atoms with Gasteiger partial charge in [-0.05, 0) is 48.4 Å². The van der Waals surface area contributed by atoms with Crippen LogP contribution in [0.3, 0.4) is 0 Å². The van der Waals surface area contributed by atoms with E-state index in [-0.39, 0.29) is 18.0 Å². The Morgan fingerprint density at radius 1 is 0.931 bits per heavy atom. The first kappa shape index (κ1) is 20.1. The van der Waals surface area contributed by atoms with E-state index < -0.39 is 18.5 Å². The lowest BCUT2D eigenvalue weighted by Gasteiger charge is -2.12. The molecular weight excluding hydrogens is 373 g/mol. The zero-order chi connectivity index (χ0) is 20.6. The van der Waals surface area contributed by atoms with Gasteiger partial charge in [-0.2, -0.15) is 0 Å². The van der Waals surface area contributed by atoms with Crippen LogP contribution in [0.5, 0.6) is 5.75 Å². The fourth-order valence-corrected chi connectivity index (χ4v) is 2.61. The molecule has 1 amide bonds. The highest BCUT2D eigenvalue weighted by Gasteiger charge is 2.16. The van der Waals surface area contributed by atoms with E-state index in [0.29, 0.717) is 11.4 Å². The molecule has 148 valence electrons. The van der Waals surface area contributed by atoms with Gasteiger partial charge in [-0.25, -0.2) is 9.18 Å². The van der Waals surface area contributed by atoms with Crippen LogP contribution in [0.25, 0.3) is 0 Å². The van der Waals surface area contributed by atoms with Crippen molar-refractivity contribution in [3.63, 3.8) is 0 Å². The third-order valence-corrected chi connectivity index (χ3v) is 4.17. The average Bonchev–Trinajstić information content (AvgIpc) is 2.73. The second kappa shape index (κ2) is 9.50. The third kappa shape index (κ3) is 5.65. The number of carbonyl (C=O) groups is 2. The molecule has 0 heterocycles. The van der Waals surface area contributed by atoms with Crippen molar-refractivity contribution in [1.82, 2.24) is 0 Å². The highest BCUT2D eigenvalue weighted by Crippen LogP contribution is 2.21. The molecule has 3 rings (SSSR count). The van der Waals surface area contributed by atoms with Crippen LogP contribution in [-0.4, -0.2) is 18.5 Å². The Kier molecular flexibility index (Phi) is 6.58. The molecule has 0 spiro atoms. The van der Waals surface area contributed by atoms with E-state index in [9.17, 15) is 14.0 Å². The van der Waals surface area contributed by atoms with Crippen LogP contribution >= 0.6 is 0 Å². The van der Waals surface area contributed by atoms with E-state index in [2.05, 4.69) is 5.32 Å². The largest absolute Gasteiger partial charge is 0.488 e. The number of amides is 1. The molecule has 0 saturated carbocycles. The van der Waals surface area contributed by atoms with E-state index in [4.69, 9.17) is 9.47 Å². The van der Waals surface area contributed by atoms with Crippen LogP contribution in [0.15, 0.2) is 72.8 Å². The minimum Gasteiger partial charge on any atom is -0.488 e. The van der Waals surface area contributed by atoms with Crippen molar-refractivity contribution in [2.75, 3.05) is 11.9 Å². The van der Waals surface area contributed by atoms with E-state index >= 15 is 0 Å². The van der Waals surface area contributed by atoms with Crippen LogP contribution < -0.4 is 10.1 Å². The van der Waals surface area contributed by atoms with Crippen molar-refractivity contribution < 1.29 is 23.5 Å². The molecule has 29 heavy (non-hydrogen) atoms. The second-order valence-electron chi connectivity index (χ2n) is 6.35. The molecule has 0 aliphatic heterocycles. The van der Waals surface area contributed by atoms with Gasteiger partial charge in [0, 0.05) is 5.69 Å². The summed E-state index contributed by atoms with van der Waals surface area (Å²) in [6.45, 7) is 1.62. The van der Waals surface area contributed by atoms with Gasteiger partial charge in [0.15, 0.2) is 6.61 Å². The summed E-state index contributed by atoms with van der Waals surface area (Å²) in [6, 6.07) is 19.8. The molecule has 3 aromatic carbocycles. The van der Waals surface area contributed by atoms with Crippen molar-refractivity contribution in [1.29, 1.82) is 0 Å². The summed E-state index contributed by atoms with van der Waals surface area (Å²) in [7, 11) is 0. The van der Waals surface area contributed by atoms with E-state index in [1.54, 1.807) is 42.5 Å². The summed E-state index contributed by atoms with van der Waals surface area (Å²) in [5.41, 5.74) is 2.54. The lowest BCUT2D eigenvalue weighted by molar-refractivity contribution is -0.119. The van der Waals surface area contributed by atoms with Gasteiger partial charge in [0.2, 0.25) is 0 Å². The first-order valence-electron chi connectivity index (χ1n) is 9.02. The number of benzene rings is 3. The zero-order valence-electron chi connectivity index (χ0n) is 15.9. The predicted octanol–water partition coefficient (Wildman–Crippen LogP) is 4.51. The SMILES string of the molecule is Cc1ccccc1NC(=O)COC(=O)c1ccccc1OCc1ccc(F)cc1. The fraction of sp³-hybridized carbons (Fsp3) is 0.130. The number of rotatable bonds is 7. The quantitative estimate of drug-likeness (QED) is 0.600. The molecule has 1 N–H and O–H groups in total. The van der Waals surface area contributed by atoms with Gasteiger partial charge in [-0.3, -0.25) is 4.79 Å². The number of halogens is 1. The first-order valence-corrected chi connectivity index (χ1v) is 9.02. The number of anilines is 1. The van der Waals surface area contributed by atoms with E-state index in [1.807, 2.05) is 25.1 Å². The molecule has 6 heteroatoms. The Balaban J connectivity index is 1.58. The van der Waals surface area contributed by atoms with E-state index in [1.165, 1.54) is 12.1 Å². The van der Waals surface area contributed by atoms with Gasteiger partial charge in [0.1, 0.15) is 23.7 Å². The molecule has 0 aliphatic rings. The fourth-order valence-electron chi connectivity index (χ4n) is 2.61. The number of aryl methyl sites for hydroxylation is 1. The molecule has 0 aromatic heterocycles. The first-order chi connectivity index (χ1) is 14.0. The maximum atomic E-state index is 13.0. The lowest BCUT2D eigenvalue weighted by atomic mass is 10.2. The lowest BCUT2D eigenvalue weighted by Crippen LogP contribution is -2.21. The van der Waals surface area contributed by atoms with Gasteiger partial charge in [-0.1, -0.05) is 42.5 Å². The molecule has 0 fully saturated rings. The number of esters is 1. The summed E-state index contributed by atoms with van der Waals surface area (Å²) in [5.74, 6) is -1.11. The smallest absolute Gasteiger partial charge is 0.342 e. The predicted molar refractivity (Wildman–Crippen MR) is 107 cm³/mol. The van der Waals surface area contributed by atoms with Crippen LogP contribution in [0, 0.1) is 12.7 Å². The molecule has 0 saturated heterocycles. The molecule has 0 atom stereocenters. The summed E-state index contributed by atoms with van der Waals surface area (Å²) < 4.78 is 23.8. The normalized spacial score (nSPS) is 10.3. The van der Waals surface area contributed by atoms with Crippen LogP contribution in [0.2, 0.25) is 0 Å². The highest BCUT2D eigenvalue weighted by atomic mass is 19.1. The number of nitrogens with one attached hydrogen (secondary N) is 1. The molecule has 3 aromatic rings. The third-order valence-electron chi connectivity index (χ3n) is 4.17. The standard InChI is InChI=1S/C23H20FNO4/c1-16-6-2-4-8-20(16)25-22(26)15-29-23(27)19-7-3-5-9-21(19)28-14-17-10-12-18(24)13-11-17/h2-13H,14-15H2,1H3,(H,25,26). The van der Waals surface area contributed by atoms with Gasteiger partial charge in [0.05, 0.1) is 0 Å². The Morgan fingerprint density at radius 2 is 1.62 bits per heavy atom. The van der Waals surface area contributed by atoms with Gasteiger partial charge >= 0.3 is 5.97 Å². The highest BCUT2D eigenvalue weighted by molar-refractivity contribution is 5.97. The summed E-state index contributed by atoms with van der Waals surface area (Å²) in [4.78, 5) is 24.5. The summed E-state index contributed by atoms with van der Waals surface area (Å²) in [6.07, 6.45) is 0. The molecular formula is C23H20FNO4. The zero-order valence-corrected chi connectivity index (χ0v) is 15.9. The minimum atomic E-state index is -0.667. The Bertz CT molecular complexity index is 1000. The summed E-state index contributed by atoms with van der Waals surface area (Å²) in [5, 5.41) is 2.70. The van der Waals surface area contributed by atoms with Crippen molar-refractivity contribution >= 4 is 17.6 Å². The Labute approximate surface area is 168 Å². The van der Waals surface area contributed by atoms with Crippen molar-refractivity contribution in [2.24, 2.45) is 0 Å². The molecule has 0 unspecified atom stereocenters. The average molecular weight is 393 g/mol. The summed E-state index contributed by atoms with van der Waals surface area (Å²) >= 11 is 0. The number of hydrogen-bond acceptors (Lipinski definition) is 4. The maximum Gasteiger partial charge on any atom is 0.342 e. The van der Waals surface area contributed by atoms with Gasteiger partial charge in [0.25, 0.3) is 5.91 Å². The van der Waals surface area contributed by atoms with Crippen molar-refractivity contribution in [3.05, 3.63) is 95.3 Å². The van der Waals surface area contributed by atoms with Crippen molar-refractivity contribution in [3.8, 4) is 5.75 Å². The Morgan fingerprint density at radius 3 is 2.38 bits per heavy atom. The topological polar surface area (TPSA) is 64.6 Å². The van der Waals surface area contributed by atoms with E-state index in [0.717, 1.165) is 11.1 Å². The van der Waals surface area contributed by atoms with Crippen LogP contribution in [-0.2, 0) is 16.1 Å². The number of carbonyl (C=O) groups excluding carboxylic acids is 2. The second-order valence-corrected chi connectivity index (χ2v) is 6.35. The van der Waals surface area contributed by atoms with Crippen LogP contribution in [0.1, 0.15) is 21.5 Å². The number of para-hydroxylation sites is 2. The number of ether oxygens (including phenoxy) is 2. The van der Waals surface area contributed by atoms with Gasteiger partial charge in [-0.15, -0.1) is 0 Å². The monoisotopic (exact) mass is 393 g/mol. The molecule has 0 radical (unpaired) electrons. The Hall–Kier alpha value is -3.67. The van der Waals surface area contributed by atoms with Gasteiger partial charge < -0.3 is 14.8 Å². The number of hydrogen-bond donors (Lipinski definition) is 1. The molecule has 0 aliphatic carbocycles. The molecule has 0 bridgehead atoms. The maximum absolute atomic E-state index is 13.0. The van der Waals surface area contributed by atoms with Crippen LogP contribution in [0.4, 0.5) is 10.1 Å². The minimum absolute atomic E-state index is 0.165.